The van der Waals surface area contributed by atoms with Crippen molar-refractivity contribution in [3.05, 3.63) is 41.7 Å². The van der Waals surface area contributed by atoms with Crippen LogP contribution in [0.4, 0.5) is 0 Å². The highest BCUT2D eigenvalue weighted by Gasteiger charge is 2.04. The Balaban J connectivity index is 2.70. The maximum absolute atomic E-state index is 10.9. The first-order chi connectivity index (χ1) is 6.72. The molecule has 0 aliphatic rings. The van der Waals surface area contributed by atoms with Gasteiger partial charge in [-0.3, -0.25) is 4.79 Å². The Bertz CT molecular complexity index is 548. The lowest BCUT2D eigenvalue weighted by molar-refractivity contribution is 0.1000. The van der Waals surface area contributed by atoms with Gasteiger partial charge in [-0.25, -0.2) is 0 Å². The van der Waals surface area contributed by atoms with Crippen LogP contribution in [-0.2, 0) is 0 Å². The number of aromatic nitrogens is 1. The molecule has 0 unspecified atom stereocenters. The fourth-order valence-electron chi connectivity index (χ4n) is 1.35. The van der Waals surface area contributed by atoms with Gasteiger partial charge in [-0.2, -0.15) is 5.26 Å². The molecule has 0 saturated heterocycles. The molecule has 0 fully saturated rings. The molecule has 0 spiro atoms. The Kier molecular flexibility index (Phi) is 1.72. The Morgan fingerprint density at radius 1 is 1.43 bits per heavy atom. The molecule has 0 aromatic carbocycles. The molecule has 0 atom stereocenters. The van der Waals surface area contributed by atoms with E-state index in [2.05, 4.69) is 6.07 Å². The smallest absolute Gasteiger partial charge is 0.250 e. The standard InChI is InChI=1S/C10H7N3O/c11-5-7-3-4-13-6-8(10(12)14)1-2-9(7)13/h1-4,6H,(H2,12,14). The second-order valence-corrected chi connectivity index (χ2v) is 2.92. The zero-order valence-electron chi connectivity index (χ0n) is 7.27. The first-order valence-electron chi connectivity index (χ1n) is 4.03. The van der Waals surface area contributed by atoms with Gasteiger partial charge in [0.1, 0.15) is 6.07 Å². The van der Waals surface area contributed by atoms with Crippen molar-refractivity contribution in [3.8, 4) is 6.07 Å². The van der Waals surface area contributed by atoms with Gasteiger partial charge in [0.15, 0.2) is 0 Å². The molecule has 2 aromatic heterocycles. The average molecular weight is 185 g/mol. The number of fused-ring (bicyclic) bond motifs is 1. The Morgan fingerprint density at radius 3 is 2.86 bits per heavy atom. The Hall–Kier alpha value is -2.28. The molecule has 0 radical (unpaired) electrons. The quantitative estimate of drug-likeness (QED) is 0.717. The highest BCUT2D eigenvalue weighted by molar-refractivity contribution is 5.93. The Labute approximate surface area is 80.2 Å². The molecule has 0 bridgehead atoms. The van der Waals surface area contributed by atoms with E-state index in [4.69, 9.17) is 11.0 Å². The summed E-state index contributed by atoms with van der Waals surface area (Å²) in [7, 11) is 0. The molecule has 68 valence electrons. The second-order valence-electron chi connectivity index (χ2n) is 2.92. The average Bonchev–Trinajstić information content (AvgIpc) is 2.59. The van der Waals surface area contributed by atoms with E-state index in [1.165, 1.54) is 0 Å². The molecule has 0 aliphatic heterocycles. The molecule has 0 saturated carbocycles. The predicted octanol–water partition coefficient (Wildman–Crippen LogP) is 0.910. The molecule has 2 rings (SSSR count). The molecule has 1 amide bonds. The molecule has 2 aromatic rings. The highest BCUT2D eigenvalue weighted by atomic mass is 16.1. The zero-order valence-corrected chi connectivity index (χ0v) is 7.27. The molecule has 14 heavy (non-hydrogen) atoms. The lowest BCUT2D eigenvalue weighted by Gasteiger charge is -1.98. The lowest BCUT2D eigenvalue weighted by atomic mass is 10.2. The molecule has 4 nitrogen and oxygen atoms in total. The fraction of sp³-hybridized carbons (Fsp3) is 0. The SMILES string of the molecule is N#Cc1ccn2cc(C(N)=O)ccc12. The minimum Gasteiger partial charge on any atom is -0.366 e. The van der Waals surface area contributed by atoms with Crippen LogP contribution in [0.2, 0.25) is 0 Å². The van der Waals surface area contributed by atoms with E-state index in [9.17, 15) is 4.79 Å². The number of carbonyl (C=O) groups is 1. The monoisotopic (exact) mass is 185 g/mol. The highest BCUT2D eigenvalue weighted by Crippen LogP contribution is 2.12. The lowest BCUT2D eigenvalue weighted by Crippen LogP contribution is -2.11. The summed E-state index contributed by atoms with van der Waals surface area (Å²) in [6, 6.07) is 7.07. The number of nitriles is 1. The summed E-state index contributed by atoms with van der Waals surface area (Å²) in [4.78, 5) is 10.9. The molecule has 2 heterocycles. The third-order valence-corrected chi connectivity index (χ3v) is 2.06. The number of nitrogens with zero attached hydrogens (tertiary/aromatic N) is 2. The number of hydrogen-bond acceptors (Lipinski definition) is 2. The van der Waals surface area contributed by atoms with Gasteiger partial charge in [0.05, 0.1) is 16.6 Å². The predicted molar refractivity (Wildman–Crippen MR) is 50.6 cm³/mol. The van der Waals surface area contributed by atoms with Crippen LogP contribution >= 0.6 is 0 Å². The second kappa shape index (κ2) is 2.89. The van der Waals surface area contributed by atoms with Gasteiger partial charge in [-0.15, -0.1) is 0 Å². The summed E-state index contributed by atoms with van der Waals surface area (Å²) >= 11 is 0. The van der Waals surface area contributed by atoms with Gasteiger partial charge in [-0.05, 0) is 18.2 Å². The summed E-state index contributed by atoms with van der Waals surface area (Å²) in [6.07, 6.45) is 3.33. The number of nitrogens with two attached hydrogens (primary N) is 1. The van der Waals surface area contributed by atoms with Gasteiger partial charge in [0, 0.05) is 12.4 Å². The van der Waals surface area contributed by atoms with Crippen LogP contribution in [0.1, 0.15) is 15.9 Å². The van der Waals surface area contributed by atoms with Crippen molar-refractivity contribution in [2.45, 2.75) is 0 Å². The first kappa shape index (κ1) is 8.32. The van der Waals surface area contributed by atoms with E-state index < -0.39 is 5.91 Å². The van der Waals surface area contributed by atoms with Crippen molar-refractivity contribution < 1.29 is 4.79 Å². The number of rotatable bonds is 1. The largest absolute Gasteiger partial charge is 0.366 e. The molecular weight excluding hydrogens is 178 g/mol. The fourth-order valence-corrected chi connectivity index (χ4v) is 1.35. The van der Waals surface area contributed by atoms with Crippen molar-refractivity contribution in [1.29, 1.82) is 5.26 Å². The molecule has 2 N–H and O–H groups in total. The summed E-state index contributed by atoms with van der Waals surface area (Å²) in [5.41, 5.74) is 6.91. The summed E-state index contributed by atoms with van der Waals surface area (Å²) < 4.78 is 1.71. The van der Waals surface area contributed by atoms with Crippen LogP contribution in [0.5, 0.6) is 0 Å². The van der Waals surface area contributed by atoms with E-state index >= 15 is 0 Å². The van der Waals surface area contributed by atoms with Crippen molar-refractivity contribution >= 4 is 11.4 Å². The number of primary amides is 1. The third kappa shape index (κ3) is 1.12. The summed E-state index contributed by atoms with van der Waals surface area (Å²) in [5.74, 6) is -0.473. The van der Waals surface area contributed by atoms with E-state index in [-0.39, 0.29) is 0 Å². The van der Waals surface area contributed by atoms with Crippen molar-refractivity contribution in [1.82, 2.24) is 4.40 Å². The molecule has 0 aliphatic carbocycles. The van der Waals surface area contributed by atoms with E-state index in [0.717, 1.165) is 5.52 Å². The van der Waals surface area contributed by atoms with Crippen LogP contribution in [0.25, 0.3) is 5.52 Å². The van der Waals surface area contributed by atoms with E-state index in [1.807, 2.05) is 0 Å². The van der Waals surface area contributed by atoms with Crippen molar-refractivity contribution in [3.63, 3.8) is 0 Å². The number of pyridine rings is 1. The normalized spacial score (nSPS) is 9.93. The van der Waals surface area contributed by atoms with E-state index in [0.29, 0.717) is 11.1 Å². The van der Waals surface area contributed by atoms with Crippen molar-refractivity contribution in [2.24, 2.45) is 5.73 Å². The topological polar surface area (TPSA) is 71.3 Å². The summed E-state index contributed by atoms with van der Waals surface area (Å²) in [5, 5.41) is 8.75. The minimum absolute atomic E-state index is 0.428. The molecular formula is C10H7N3O. The minimum atomic E-state index is -0.473. The molecule has 4 heteroatoms. The number of hydrogen-bond donors (Lipinski definition) is 1. The van der Waals surface area contributed by atoms with Gasteiger partial charge < -0.3 is 10.1 Å². The van der Waals surface area contributed by atoms with Gasteiger partial charge in [0.2, 0.25) is 5.91 Å². The van der Waals surface area contributed by atoms with Gasteiger partial charge >= 0.3 is 0 Å². The van der Waals surface area contributed by atoms with Crippen LogP contribution in [0.3, 0.4) is 0 Å². The van der Waals surface area contributed by atoms with Crippen LogP contribution in [-0.4, -0.2) is 10.3 Å². The van der Waals surface area contributed by atoms with Crippen LogP contribution in [0.15, 0.2) is 30.6 Å². The van der Waals surface area contributed by atoms with Crippen molar-refractivity contribution in [2.75, 3.05) is 0 Å². The van der Waals surface area contributed by atoms with E-state index in [1.54, 1.807) is 35.0 Å². The number of amides is 1. The number of carbonyl (C=O) groups excluding carboxylic acids is 1. The Morgan fingerprint density at radius 2 is 2.21 bits per heavy atom. The maximum Gasteiger partial charge on any atom is 0.250 e. The third-order valence-electron chi connectivity index (χ3n) is 2.06. The van der Waals surface area contributed by atoms with Crippen LogP contribution in [0, 0.1) is 11.3 Å². The first-order valence-corrected chi connectivity index (χ1v) is 4.03. The van der Waals surface area contributed by atoms with Gasteiger partial charge in [-0.1, -0.05) is 0 Å². The maximum atomic E-state index is 10.9. The van der Waals surface area contributed by atoms with Crippen LogP contribution < -0.4 is 5.73 Å². The van der Waals surface area contributed by atoms with Gasteiger partial charge in [0.25, 0.3) is 0 Å². The summed E-state index contributed by atoms with van der Waals surface area (Å²) in [6.45, 7) is 0. The zero-order chi connectivity index (χ0) is 10.1.